The van der Waals surface area contributed by atoms with Gasteiger partial charge in [0.15, 0.2) is 0 Å². The zero-order valence-corrected chi connectivity index (χ0v) is 14.0. The lowest BCUT2D eigenvalue weighted by Gasteiger charge is -2.34. The number of likely N-dealkylation sites (N-methyl/N-ethyl adjacent to an activating group) is 1. The summed E-state index contributed by atoms with van der Waals surface area (Å²) in [7, 11) is 5.74. The minimum absolute atomic E-state index is 0.321. The Balaban J connectivity index is 4.42. The Morgan fingerprint density at radius 3 is 2.38 bits per heavy atom. The van der Waals surface area contributed by atoms with E-state index in [2.05, 4.69) is 13.0 Å². The average molecular weight is 297 g/mol. The fraction of sp³-hybridized carbons (Fsp3) is 0.706. The molecular formula is C17H31NO3. The van der Waals surface area contributed by atoms with Crippen molar-refractivity contribution in [2.75, 3.05) is 27.7 Å². The van der Waals surface area contributed by atoms with Crippen LogP contribution in [-0.2, 0) is 4.79 Å². The Bertz CT molecular complexity index is 356. The minimum atomic E-state index is -1.37. The number of hydrogen-bond donors (Lipinski definition) is 1. The van der Waals surface area contributed by atoms with E-state index in [9.17, 15) is 15.0 Å². The van der Waals surface area contributed by atoms with Crippen molar-refractivity contribution in [3.8, 4) is 0 Å². The number of carbonyl (C=O) groups excluding carboxylic acids is 1. The molecule has 0 spiro atoms. The number of allylic oxidation sites excluding steroid dienone is 3. The van der Waals surface area contributed by atoms with Crippen molar-refractivity contribution in [2.45, 2.75) is 51.0 Å². The molecule has 0 aromatic rings. The maximum Gasteiger partial charge on any atom is 0.137 e. The Morgan fingerprint density at radius 2 is 1.86 bits per heavy atom. The maximum atomic E-state index is 10.8. The zero-order chi connectivity index (χ0) is 16.4. The molecule has 0 radical (unpaired) electrons. The summed E-state index contributed by atoms with van der Waals surface area (Å²) in [5.74, 6) is -1.24. The Morgan fingerprint density at radius 1 is 1.19 bits per heavy atom. The molecule has 0 fully saturated rings. The first-order valence-corrected chi connectivity index (χ1v) is 7.75. The van der Waals surface area contributed by atoms with Crippen molar-refractivity contribution in [3.05, 3.63) is 24.3 Å². The summed E-state index contributed by atoms with van der Waals surface area (Å²) in [5, 5.41) is 21.2. The molecule has 0 aromatic heterocycles. The highest BCUT2D eigenvalue weighted by atomic mass is 16.4. The second-order valence-electron chi connectivity index (χ2n) is 6.74. The van der Waals surface area contributed by atoms with E-state index in [1.807, 2.05) is 27.2 Å². The number of carboxylic acid groups (broad SMARTS) is 1. The quantitative estimate of drug-likeness (QED) is 0.358. The molecule has 1 N–H and O–H groups in total. The number of nitrogens with zero attached hydrogens (tertiary/aromatic N) is 1. The van der Waals surface area contributed by atoms with Gasteiger partial charge < -0.3 is 19.5 Å². The van der Waals surface area contributed by atoms with Crippen LogP contribution in [0.2, 0.25) is 0 Å². The molecule has 0 saturated heterocycles. The van der Waals surface area contributed by atoms with Gasteiger partial charge in [0.05, 0.1) is 21.1 Å². The molecule has 1 unspecified atom stereocenters. The van der Waals surface area contributed by atoms with Crippen molar-refractivity contribution in [3.63, 3.8) is 0 Å². The number of aliphatic carboxylic acids is 1. The Labute approximate surface area is 129 Å². The third kappa shape index (κ3) is 12.3. The lowest BCUT2D eigenvalue weighted by molar-refractivity contribution is -0.876. The minimum Gasteiger partial charge on any atom is -0.550 e. The van der Waals surface area contributed by atoms with E-state index in [-0.39, 0.29) is 6.42 Å². The fourth-order valence-electron chi connectivity index (χ4n) is 2.34. The molecule has 0 rings (SSSR count). The summed E-state index contributed by atoms with van der Waals surface area (Å²) in [5.41, 5.74) is -1.37. The predicted molar refractivity (Wildman–Crippen MR) is 84.5 cm³/mol. The van der Waals surface area contributed by atoms with E-state index in [4.69, 9.17) is 0 Å². The van der Waals surface area contributed by atoms with Crippen LogP contribution in [0.25, 0.3) is 0 Å². The zero-order valence-electron chi connectivity index (χ0n) is 14.0. The summed E-state index contributed by atoms with van der Waals surface area (Å²) in [4.78, 5) is 10.8. The Hall–Kier alpha value is -1.13. The molecule has 4 nitrogen and oxygen atoms in total. The van der Waals surface area contributed by atoms with Gasteiger partial charge in [-0.3, -0.25) is 0 Å². The van der Waals surface area contributed by atoms with Gasteiger partial charge in [-0.2, -0.15) is 0 Å². The highest BCUT2D eigenvalue weighted by molar-refractivity contribution is 5.66. The van der Waals surface area contributed by atoms with Gasteiger partial charge in [0, 0.05) is 12.4 Å². The van der Waals surface area contributed by atoms with Gasteiger partial charge >= 0.3 is 0 Å². The summed E-state index contributed by atoms with van der Waals surface area (Å²) in [6.45, 7) is 2.51. The smallest absolute Gasteiger partial charge is 0.137 e. The van der Waals surface area contributed by atoms with Gasteiger partial charge in [-0.25, -0.2) is 0 Å². The number of rotatable bonds is 11. The van der Waals surface area contributed by atoms with Crippen molar-refractivity contribution in [2.24, 2.45) is 0 Å². The summed E-state index contributed by atoms with van der Waals surface area (Å²) < 4.78 is 0.481. The van der Waals surface area contributed by atoms with E-state index in [0.717, 1.165) is 6.42 Å². The molecule has 0 amide bonds. The largest absolute Gasteiger partial charge is 0.550 e. The maximum absolute atomic E-state index is 10.8. The fourth-order valence-corrected chi connectivity index (χ4v) is 2.34. The second-order valence-corrected chi connectivity index (χ2v) is 6.74. The van der Waals surface area contributed by atoms with Crippen LogP contribution < -0.4 is 5.11 Å². The van der Waals surface area contributed by atoms with Crippen LogP contribution >= 0.6 is 0 Å². The summed E-state index contributed by atoms with van der Waals surface area (Å²) in [6.07, 6.45) is 12.7. The van der Waals surface area contributed by atoms with Crippen LogP contribution in [0.15, 0.2) is 24.3 Å². The van der Waals surface area contributed by atoms with Crippen LogP contribution in [0.4, 0.5) is 0 Å². The van der Waals surface area contributed by atoms with E-state index < -0.39 is 11.6 Å². The normalized spacial score (nSPS) is 15.7. The molecule has 0 aliphatic heterocycles. The number of hydrogen-bond acceptors (Lipinski definition) is 3. The van der Waals surface area contributed by atoms with E-state index in [1.54, 1.807) is 12.2 Å². The van der Waals surface area contributed by atoms with Crippen LogP contribution in [0.5, 0.6) is 0 Å². The van der Waals surface area contributed by atoms with E-state index >= 15 is 0 Å². The Kier molecular flexibility index (Phi) is 9.22. The van der Waals surface area contributed by atoms with Crippen LogP contribution in [0.1, 0.15) is 45.4 Å². The van der Waals surface area contributed by atoms with Crippen molar-refractivity contribution >= 4 is 5.97 Å². The predicted octanol–water partition coefficient (Wildman–Crippen LogP) is 1.65. The highest BCUT2D eigenvalue weighted by Gasteiger charge is 2.30. The van der Waals surface area contributed by atoms with E-state index in [0.29, 0.717) is 11.0 Å². The molecule has 0 bridgehead atoms. The van der Waals surface area contributed by atoms with Crippen molar-refractivity contribution in [1.29, 1.82) is 0 Å². The highest BCUT2D eigenvalue weighted by Crippen LogP contribution is 2.16. The van der Waals surface area contributed by atoms with Gasteiger partial charge in [-0.15, -0.1) is 0 Å². The molecule has 21 heavy (non-hydrogen) atoms. The first-order chi connectivity index (χ1) is 9.68. The van der Waals surface area contributed by atoms with Crippen LogP contribution in [-0.4, -0.2) is 48.8 Å². The first kappa shape index (κ1) is 19.9. The van der Waals surface area contributed by atoms with Gasteiger partial charge in [0.2, 0.25) is 0 Å². The second kappa shape index (κ2) is 9.74. The summed E-state index contributed by atoms with van der Waals surface area (Å²) >= 11 is 0. The molecule has 0 aliphatic carbocycles. The van der Waals surface area contributed by atoms with Crippen molar-refractivity contribution < 1.29 is 19.5 Å². The van der Waals surface area contributed by atoms with Gasteiger partial charge in [0.1, 0.15) is 12.1 Å². The van der Waals surface area contributed by atoms with Gasteiger partial charge in [-0.1, -0.05) is 44.4 Å². The number of unbranched alkanes of at least 4 members (excludes halogenated alkanes) is 4. The molecule has 1 atom stereocenters. The van der Waals surface area contributed by atoms with E-state index in [1.165, 1.54) is 25.7 Å². The molecular weight excluding hydrogens is 266 g/mol. The topological polar surface area (TPSA) is 60.4 Å². The number of carboxylic acids is 1. The van der Waals surface area contributed by atoms with Gasteiger partial charge in [0.25, 0.3) is 0 Å². The number of quaternary nitrogens is 1. The molecule has 0 aromatic carbocycles. The number of carbonyl (C=O) groups is 1. The SMILES string of the molecule is CCCCCC/C=C/C=C/C(O)(CC(=O)[O-])C[N+](C)(C)C. The molecule has 4 heteroatoms. The van der Waals surface area contributed by atoms with Crippen LogP contribution in [0, 0.1) is 0 Å². The monoisotopic (exact) mass is 297 g/mol. The lowest BCUT2D eigenvalue weighted by atomic mass is 9.97. The molecule has 0 saturated carbocycles. The number of aliphatic hydroxyl groups is 1. The third-order valence-electron chi connectivity index (χ3n) is 3.08. The first-order valence-electron chi connectivity index (χ1n) is 7.75. The molecule has 0 heterocycles. The van der Waals surface area contributed by atoms with Gasteiger partial charge in [-0.05, 0) is 18.9 Å². The molecule has 0 aliphatic rings. The summed E-state index contributed by atoms with van der Waals surface area (Å²) in [6, 6.07) is 0. The molecule has 122 valence electrons. The van der Waals surface area contributed by atoms with Crippen molar-refractivity contribution in [1.82, 2.24) is 0 Å². The third-order valence-corrected chi connectivity index (χ3v) is 3.08. The average Bonchev–Trinajstić information content (AvgIpc) is 2.29. The standard InChI is InChI=1S/C17H31NO3/c1-5-6-7-8-9-10-11-12-13-17(21,14-16(19)20)15-18(2,3)4/h10-13,21H,5-9,14-15H2,1-4H3/b11-10+,13-12+. The lowest BCUT2D eigenvalue weighted by Crippen LogP contribution is -2.50. The van der Waals surface area contributed by atoms with Crippen LogP contribution in [0.3, 0.4) is 0 Å².